The fourth-order valence-electron chi connectivity index (χ4n) is 1.86. The SMILES string of the molecule is Cc1ccc([N+](=O)[O-])c(CC2CNC2)c1. The van der Waals surface area contributed by atoms with Crippen LogP contribution in [0.25, 0.3) is 0 Å². The fraction of sp³-hybridized carbons (Fsp3) is 0.455. The lowest BCUT2D eigenvalue weighted by Crippen LogP contribution is -2.43. The third-order valence-electron chi connectivity index (χ3n) is 2.81. The summed E-state index contributed by atoms with van der Waals surface area (Å²) < 4.78 is 0. The van der Waals surface area contributed by atoms with Gasteiger partial charge in [0.05, 0.1) is 4.92 Å². The summed E-state index contributed by atoms with van der Waals surface area (Å²) in [5, 5.41) is 14.0. The number of hydrogen-bond donors (Lipinski definition) is 1. The normalized spacial score (nSPS) is 16.1. The van der Waals surface area contributed by atoms with Crippen molar-refractivity contribution in [2.75, 3.05) is 13.1 Å². The molecule has 15 heavy (non-hydrogen) atoms. The van der Waals surface area contributed by atoms with E-state index in [1.165, 1.54) is 0 Å². The van der Waals surface area contributed by atoms with E-state index in [4.69, 9.17) is 0 Å². The average Bonchev–Trinajstić information content (AvgIpc) is 2.11. The van der Waals surface area contributed by atoms with E-state index in [0.29, 0.717) is 5.92 Å². The highest BCUT2D eigenvalue weighted by Gasteiger charge is 2.21. The Labute approximate surface area is 88.5 Å². The molecule has 2 rings (SSSR count). The summed E-state index contributed by atoms with van der Waals surface area (Å²) in [4.78, 5) is 10.5. The van der Waals surface area contributed by atoms with Gasteiger partial charge in [0.2, 0.25) is 0 Å². The maximum atomic E-state index is 10.8. The van der Waals surface area contributed by atoms with Gasteiger partial charge in [-0.05, 0) is 38.4 Å². The van der Waals surface area contributed by atoms with E-state index in [1.54, 1.807) is 12.1 Å². The number of rotatable bonds is 3. The monoisotopic (exact) mass is 206 g/mol. The molecule has 4 nitrogen and oxygen atoms in total. The molecule has 1 aliphatic rings. The van der Waals surface area contributed by atoms with Crippen molar-refractivity contribution in [2.24, 2.45) is 5.92 Å². The third-order valence-corrected chi connectivity index (χ3v) is 2.81. The first-order chi connectivity index (χ1) is 7.16. The van der Waals surface area contributed by atoms with Crippen LogP contribution in [-0.4, -0.2) is 18.0 Å². The van der Waals surface area contributed by atoms with Crippen LogP contribution in [0.15, 0.2) is 18.2 Å². The predicted molar refractivity (Wildman–Crippen MR) is 57.9 cm³/mol. The molecule has 0 bridgehead atoms. The first-order valence-corrected chi connectivity index (χ1v) is 5.11. The molecule has 1 heterocycles. The van der Waals surface area contributed by atoms with E-state index in [-0.39, 0.29) is 10.6 Å². The minimum atomic E-state index is -0.291. The molecule has 1 aromatic carbocycles. The second-order valence-corrected chi connectivity index (χ2v) is 4.12. The Balaban J connectivity index is 2.24. The largest absolute Gasteiger partial charge is 0.316 e. The zero-order valence-electron chi connectivity index (χ0n) is 8.69. The number of nitro benzene ring substituents is 1. The van der Waals surface area contributed by atoms with Gasteiger partial charge in [-0.15, -0.1) is 0 Å². The molecule has 4 heteroatoms. The Kier molecular flexibility index (Phi) is 2.68. The zero-order chi connectivity index (χ0) is 10.8. The number of nitrogens with zero attached hydrogens (tertiary/aromatic N) is 1. The Bertz CT molecular complexity index is 386. The molecule has 0 radical (unpaired) electrons. The first kappa shape index (κ1) is 10.1. The topological polar surface area (TPSA) is 55.2 Å². The first-order valence-electron chi connectivity index (χ1n) is 5.11. The number of aryl methyl sites for hydroxylation is 1. The van der Waals surface area contributed by atoms with Crippen LogP contribution in [0.1, 0.15) is 11.1 Å². The molecular weight excluding hydrogens is 192 g/mol. The molecule has 80 valence electrons. The van der Waals surface area contributed by atoms with Crippen LogP contribution in [0.2, 0.25) is 0 Å². The van der Waals surface area contributed by atoms with E-state index in [9.17, 15) is 10.1 Å². The van der Waals surface area contributed by atoms with Gasteiger partial charge in [-0.1, -0.05) is 11.6 Å². The fourth-order valence-corrected chi connectivity index (χ4v) is 1.86. The highest BCUT2D eigenvalue weighted by molar-refractivity contribution is 5.43. The van der Waals surface area contributed by atoms with Crippen LogP contribution in [0.5, 0.6) is 0 Å². The molecule has 0 spiro atoms. The summed E-state index contributed by atoms with van der Waals surface area (Å²) in [5.74, 6) is 0.561. The number of benzene rings is 1. The van der Waals surface area contributed by atoms with Crippen molar-refractivity contribution in [3.63, 3.8) is 0 Å². The molecular formula is C11H14N2O2. The van der Waals surface area contributed by atoms with Crippen molar-refractivity contribution < 1.29 is 4.92 Å². The van der Waals surface area contributed by atoms with E-state index in [0.717, 1.165) is 30.6 Å². The van der Waals surface area contributed by atoms with Gasteiger partial charge in [0, 0.05) is 11.6 Å². The molecule has 0 atom stereocenters. The molecule has 1 saturated heterocycles. The van der Waals surface area contributed by atoms with Crippen molar-refractivity contribution in [2.45, 2.75) is 13.3 Å². The van der Waals surface area contributed by atoms with Crippen LogP contribution < -0.4 is 5.32 Å². The van der Waals surface area contributed by atoms with E-state index < -0.39 is 0 Å². The van der Waals surface area contributed by atoms with Crippen molar-refractivity contribution in [3.8, 4) is 0 Å². The summed E-state index contributed by atoms with van der Waals surface area (Å²) in [5.41, 5.74) is 2.21. The lowest BCUT2D eigenvalue weighted by Gasteiger charge is -2.26. The number of hydrogen-bond acceptors (Lipinski definition) is 3. The van der Waals surface area contributed by atoms with Gasteiger partial charge in [0.25, 0.3) is 5.69 Å². The average molecular weight is 206 g/mol. The molecule has 1 N–H and O–H groups in total. The molecule has 0 unspecified atom stereocenters. The van der Waals surface area contributed by atoms with E-state index in [1.807, 2.05) is 13.0 Å². The Hall–Kier alpha value is -1.42. The van der Waals surface area contributed by atoms with Gasteiger partial charge >= 0.3 is 0 Å². The summed E-state index contributed by atoms with van der Waals surface area (Å²) in [6.45, 7) is 3.92. The molecule has 0 aromatic heterocycles. The smallest absolute Gasteiger partial charge is 0.272 e. The highest BCUT2D eigenvalue weighted by atomic mass is 16.6. The molecule has 1 fully saturated rings. The van der Waals surface area contributed by atoms with Gasteiger partial charge in [0.1, 0.15) is 0 Å². The Morgan fingerprint density at radius 1 is 1.53 bits per heavy atom. The molecule has 1 aromatic rings. The van der Waals surface area contributed by atoms with E-state index >= 15 is 0 Å². The Morgan fingerprint density at radius 2 is 2.27 bits per heavy atom. The van der Waals surface area contributed by atoms with Crippen LogP contribution >= 0.6 is 0 Å². The van der Waals surface area contributed by atoms with Gasteiger partial charge in [0.15, 0.2) is 0 Å². The second-order valence-electron chi connectivity index (χ2n) is 4.12. The summed E-state index contributed by atoms with van der Waals surface area (Å²) in [6.07, 6.45) is 0.811. The minimum absolute atomic E-state index is 0.257. The molecule has 0 amide bonds. The minimum Gasteiger partial charge on any atom is -0.316 e. The lowest BCUT2D eigenvalue weighted by molar-refractivity contribution is -0.385. The summed E-state index contributed by atoms with van der Waals surface area (Å²) in [7, 11) is 0. The summed E-state index contributed by atoms with van der Waals surface area (Å²) >= 11 is 0. The van der Waals surface area contributed by atoms with Crippen LogP contribution in [0.4, 0.5) is 5.69 Å². The van der Waals surface area contributed by atoms with Gasteiger partial charge in [-0.25, -0.2) is 0 Å². The quantitative estimate of drug-likeness (QED) is 0.604. The Morgan fingerprint density at radius 3 is 2.80 bits per heavy atom. The summed E-state index contributed by atoms with van der Waals surface area (Å²) in [6, 6.07) is 5.33. The molecule has 0 saturated carbocycles. The van der Waals surface area contributed by atoms with Crippen molar-refractivity contribution in [3.05, 3.63) is 39.4 Å². The predicted octanol–water partition coefficient (Wildman–Crippen LogP) is 1.67. The molecule has 1 aliphatic heterocycles. The van der Waals surface area contributed by atoms with Crippen LogP contribution in [-0.2, 0) is 6.42 Å². The standard InChI is InChI=1S/C11H14N2O2/c1-8-2-3-11(13(14)15)10(4-8)5-9-6-12-7-9/h2-4,9,12H,5-7H2,1H3. The number of nitro groups is 1. The maximum absolute atomic E-state index is 10.8. The zero-order valence-corrected chi connectivity index (χ0v) is 8.69. The maximum Gasteiger partial charge on any atom is 0.272 e. The second kappa shape index (κ2) is 3.98. The van der Waals surface area contributed by atoms with Crippen molar-refractivity contribution in [1.29, 1.82) is 0 Å². The van der Waals surface area contributed by atoms with Gasteiger partial charge in [-0.2, -0.15) is 0 Å². The molecule has 0 aliphatic carbocycles. The highest BCUT2D eigenvalue weighted by Crippen LogP contribution is 2.23. The van der Waals surface area contributed by atoms with Crippen LogP contribution in [0, 0.1) is 23.0 Å². The third kappa shape index (κ3) is 2.15. The van der Waals surface area contributed by atoms with Crippen LogP contribution in [0.3, 0.4) is 0 Å². The van der Waals surface area contributed by atoms with Crippen molar-refractivity contribution >= 4 is 5.69 Å². The number of nitrogens with one attached hydrogen (secondary N) is 1. The van der Waals surface area contributed by atoms with Gasteiger partial charge in [-0.3, -0.25) is 10.1 Å². The van der Waals surface area contributed by atoms with Crippen molar-refractivity contribution in [1.82, 2.24) is 5.32 Å². The van der Waals surface area contributed by atoms with E-state index in [2.05, 4.69) is 5.32 Å². The van der Waals surface area contributed by atoms with Gasteiger partial charge < -0.3 is 5.32 Å². The lowest BCUT2D eigenvalue weighted by atomic mass is 9.93.